The number of nitrogens with zero attached hydrogens (tertiary/aromatic N) is 2. The van der Waals surface area contributed by atoms with Gasteiger partial charge in [-0.2, -0.15) is 0 Å². The van der Waals surface area contributed by atoms with Gasteiger partial charge in [0.15, 0.2) is 0 Å². The first kappa shape index (κ1) is 21.6. The fraction of sp³-hybridized carbons (Fsp3) is 0.350. The van der Waals surface area contributed by atoms with Crippen molar-refractivity contribution in [3.05, 3.63) is 59.6 Å². The molecule has 0 saturated carbocycles. The van der Waals surface area contributed by atoms with Crippen LogP contribution in [0.1, 0.15) is 0 Å². The van der Waals surface area contributed by atoms with Crippen molar-refractivity contribution in [2.45, 2.75) is 4.90 Å². The van der Waals surface area contributed by atoms with Gasteiger partial charge in [0.1, 0.15) is 6.54 Å². The predicted octanol–water partition coefficient (Wildman–Crippen LogP) is 1.98. The lowest BCUT2D eigenvalue weighted by Gasteiger charge is -2.27. The number of sulfonamides is 1. The number of morpholine rings is 1. The van der Waals surface area contributed by atoms with Crippen LogP contribution in [-0.4, -0.2) is 65.2 Å². The third-order valence-corrected chi connectivity index (χ3v) is 6.63. The van der Waals surface area contributed by atoms with Gasteiger partial charge in [0.05, 0.1) is 23.8 Å². The molecule has 1 heterocycles. The Bertz CT molecular complexity index is 901. The third kappa shape index (κ3) is 5.93. The third-order valence-electron chi connectivity index (χ3n) is 4.59. The summed E-state index contributed by atoms with van der Waals surface area (Å²) in [6, 6.07) is 14.5. The van der Waals surface area contributed by atoms with Gasteiger partial charge in [-0.3, -0.25) is 14.0 Å². The molecule has 1 N–H and O–H groups in total. The summed E-state index contributed by atoms with van der Waals surface area (Å²) in [7, 11) is -3.92. The average molecular weight is 438 g/mol. The summed E-state index contributed by atoms with van der Waals surface area (Å²) in [5.74, 6) is -0.361. The van der Waals surface area contributed by atoms with E-state index in [0.717, 1.165) is 17.4 Å². The highest BCUT2D eigenvalue weighted by Crippen LogP contribution is 2.24. The molecule has 2 aromatic carbocycles. The monoisotopic (exact) mass is 437 g/mol. The fourth-order valence-corrected chi connectivity index (χ4v) is 4.55. The van der Waals surface area contributed by atoms with Gasteiger partial charge >= 0.3 is 0 Å². The van der Waals surface area contributed by atoms with E-state index in [9.17, 15) is 13.2 Å². The molecule has 1 aliphatic rings. The zero-order chi connectivity index (χ0) is 20.7. The van der Waals surface area contributed by atoms with Crippen molar-refractivity contribution < 1.29 is 17.9 Å². The molecule has 0 spiro atoms. The molecule has 1 aliphatic heterocycles. The summed E-state index contributed by atoms with van der Waals surface area (Å²) in [5, 5.41) is 3.26. The van der Waals surface area contributed by atoms with Gasteiger partial charge in [-0.25, -0.2) is 8.42 Å². The minimum atomic E-state index is -3.92. The first-order valence-electron chi connectivity index (χ1n) is 9.37. The van der Waals surface area contributed by atoms with E-state index in [1.54, 1.807) is 30.3 Å². The Labute approximate surface area is 176 Å². The first-order chi connectivity index (χ1) is 14.0. The van der Waals surface area contributed by atoms with Gasteiger partial charge < -0.3 is 10.1 Å². The Morgan fingerprint density at radius 3 is 2.38 bits per heavy atom. The van der Waals surface area contributed by atoms with Crippen LogP contribution in [0.5, 0.6) is 0 Å². The molecule has 0 aliphatic carbocycles. The molecule has 7 nitrogen and oxygen atoms in total. The predicted molar refractivity (Wildman–Crippen MR) is 113 cm³/mol. The number of rotatable bonds is 8. The summed E-state index contributed by atoms with van der Waals surface area (Å²) in [4.78, 5) is 14.8. The Morgan fingerprint density at radius 1 is 1.07 bits per heavy atom. The molecule has 1 saturated heterocycles. The van der Waals surface area contributed by atoms with Gasteiger partial charge in [-0.1, -0.05) is 29.8 Å². The molecule has 0 bridgehead atoms. The summed E-state index contributed by atoms with van der Waals surface area (Å²) in [5.41, 5.74) is 0.422. The van der Waals surface area contributed by atoms with E-state index in [0.29, 0.717) is 37.0 Å². The molecular weight excluding hydrogens is 414 g/mol. The van der Waals surface area contributed by atoms with Crippen molar-refractivity contribution in [1.29, 1.82) is 0 Å². The number of carbonyl (C=O) groups excluding carboxylic acids is 1. The standard InChI is InChI=1S/C20H24ClN3O4S/c21-17-6-8-19(9-7-17)29(26,27)24(18-4-2-1-3-5-18)16-20(25)22-10-11-23-12-14-28-15-13-23/h1-9H,10-16H2,(H,22,25). The summed E-state index contributed by atoms with van der Waals surface area (Å²) < 4.78 is 32.8. The number of nitrogens with one attached hydrogen (secondary N) is 1. The quantitative estimate of drug-likeness (QED) is 0.683. The van der Waals surface area contributed by atoms with E-state index >= 15 is 0 Å². The van der Waals surface area contributed by atoms with Crippen molar-refractivity contribution >= 4 is 33.2 Å². The van der Waals surface area contributed by atoms with Crippen LogP contribution in [0.15, 0.2) is 59.5 Å². The number of hydrogen-bond acceptors (Lipinski definition) is 5. The highest BCUT2D eigenvalue weighted by Gasteiger charge is 2.27. The largest absolute Gasteiger partial charge is 0.379 e. The van der Waals surface area contributed by atoms with Gasteiger partial charge in [-0.05, 0) is 36.4 Å². The maximum absolute atomic E-state index is 13.2. The van der Waals surface area contributed by atoms with E-state index in [4.69, 9.17) is 16.3 Å². The van der Waals surface area contributed by atoms with Crippen LogP contribution in [0.25, 0.3) is 0 Å². The number of benzene rings is 2. The molecular formula is C20H24ClN3O4S. The van der Waals surface area contributed by atoms with Gasteiger partial charge in [-0.15, -0.1) is 0 Å². The number of halogens is 1. The molecule has 0 unspecified atom stereocenters. The molecule has 0 radical (unpaired) electrons. The highest BCUT2D eigenvalue weighted by molar-refractivity contribution is 7.92. The minimum absolute atomic E-state index is 0.0758. The van der Waals surface area contributed by atoms with Gasteiger partial charge in [0, 0.05) is 31.2 Å². The van der Waals surface area contributed by atoms with Crippen LogP contribution in [0.3, 0.4) is 0 Å². The lowest BCUT2D eigenvalue weighted by atomic mass is 10.3. The molecule has 0 aromatic heterocycles. The van der Waals surface area contributed by atoms with Crippen molar-refractivity contribution in [2.24, 2.45) is 0 Å². The summed E-state index contributed by atoms with van der Waals surface area (Å²) in [6.45, 7) is 3.88. The second-order valence-electron chi connectivity index (χ2n) is 6.61. The Balaban J connectivity index is 1.70. The van der Waals surface area contributed by atoms with Gasteiger partial charge in [0.25, 0.3) is 10.0 Å². The van der Waals surface area contributed by atoms with E-state index in [1.807, 2.05) is 0 Å². The molecule has 1 fully saturated rings. The highest BCUT2D eigenvalue weighted by atomic mass is 35.5. The number of amides is 1. The Kier molecular flexibility index (Phi) is 7.49. The van der Waals surface area contributed by atoms with Crippen LogP contribution in [0.2, 0.25) is 5.02 Å². The minimum Gasteiger partial charge on any atom is -0.379 e. The Morgan fingerprint density at radius 2 is 1.72 bits per heavy atom. The number of carbonyl (C=O) groups is 1. The Hall–Kier alpha value is -2.13. The summed E-state index contributed by atoms with van der Waals surface area (Å²) >= 11 is 5.88. The maximum atomic E-state index is 13.2. The van der Waals surface area contributed by atoms with Crippen molar-refractivity contribution in [1.82, 2.24) is 10.2 Å². The van der Waals surface area contributed by atoms with E-state index in [-0.39, 0.29) is 17.3 Å². The summed E-state index contributed by atoms with van der Waals surface area (Å²) in [6.07, 6.45) is 0. The van der Waals surface area contributed by atoms with Crippen LogP contribution < -0.4 is 9.62 Å². The SMILES string of the molecule is O=C(CN(c1ccccc1)S(=O)(=O)c1ccc(Cl)cc1)NCCN1CCOCC1. The lowest BCUT2D eigenvalue weighted by Crippen LogP contribution is -2.44. The van der Waals surface area contributed by atoms with E-state index in [2.05, 4.69) is 10.2 Å². The molecule has 156 valence electrons. The van der Waals surface area contributed by atoms with Crippen LogP contribution in [-0.2, 0) is 19.6 Å². The zero-order valence-corrected chi connectivity index (χ0v) is 17.5. The maximum Gasteiger partial charge on any atom is 0.264 e. The molecule has 0 atom stereocenters. The van der Waals surface area contributed by atoms with Gasteiger partial charge in [0.2, 0.25) is 5.91 Å². The second kappa shape index (κ2) is 10.1. The molecule has 1 amide bonds. The average Bonchev–Trinajstić information content (AvgIpc) is 2.73. The lowest BCUT2D eigenvalue weighted by molar-refractivity contribution is -0.119. The van der Waals surface area contributed by atoms with Crippen LogP contribution in [0, 0.1) is 0 Å². The second-order valence-corrected chi connectivity index (χ2v) is 8.90. The van der Waals surface area contributed by atoms with E-state index < -0.39 is 10.0 Å². The van der Waals surface area contributed by atoms with Crippen molar-refractivity contribution in [3.8, 4) is 0 Å². The number of ether oxygens (including phenoxy) is 1. The topological polar surface area (TPSA) is 79.0 Å². The fourth-order valence-electron chi connectivity index (χ4n) is 3.01. The number of anilines is 1. The van der Waals surface area contributed by atoms with Crippen molar-refractivity contribution in [3.63, 3.8) is 0 Å². The van der Waals surface area contributed by atoms with Crippen LogP contribution in [0.4, 0.5) is 5.69 Å². The first-order valence-corrected chi connectivity index (χ1v) is 11.2. The molecule has 2 aromatic rings. The zero-order valence-electron chi connectivity index (χ0n) is 16.0. The number of para-hydroxylation sites is 1. The molecule has 9 heteroatoms. The number of hydrogen-bond donors (Lipinski definition) is 1. The van der Waals surface area contributed by atoms with Crippen LogP contribution >= 0.6 is 11.6 Å². The normalized spacial score (nSPS) is 15.1. The van der Waals surface area contributed by atoms with Crippen molar-refractivity contribution in [2.75, 3.05) is 50.2 Å². The smallest absolute Gasteiger partial charge is 0.264 e. The molecule has 3 rings (SSSR count). The van der Waals surface area contributed by atoms with E-state index in [1.165, 1.54) is 24.3 Å². The molecule has 29 heavy (non-hydrogen) atoms.